The molecule has 1 N–H and O–H groups in total. The van der Waals surface area contributed by atoms with Crippen molar-refractivity contribution in [2.75, 3.05) is 32.7 Å². The van der Waals surface area contributed by atoms with Crippen LogP contribution < -0.4 is 5.32 Å². The van der Waals surface area contributed by atoms with E-state index in [4.69, 9.17) is 0 Å². The van der Waals surface area contributed by atoms with Crippen LogP contribution in [0.1, 0.15) is 28.9 Å². The molecule has 160 valence electrons. The molecule has 1 saturated heterocycles. The first-order valence-electron chi connectivity index (χ1n) is 9.92. The summed E-state index contributed by atoms with van der Waals surface area (Å²) in [6.45, 7) is 3.21. The largest absolute Gasteiger partial charge is 0.354 e. The Hall–Kier alpha value is -2.78. The number of aryl methyl sites for hydroxylation is 1. The zero-order valence-corrected chi connectivity index (χ0v) is 17.8. The van der Waals surface area contributed by atoms with Gasteiger partial charge in [-0.05, 0) is 37.6 Å². The number of sulfonamides is 1. The van der Waals surface area contributed by atoms with Crippen molar-refractivity contribution in [3.63, 3.8) is 0 Å². The molecule has 8 nitrogen and oxygen atoms in total. The molecule has 0 bridgehead atoms. The van der Waals surface area contributed by atoms with E-state index >= 15 is 0 Å². The van der Waals surface area contributed by atoms with E-state index in [-0.39, 0.29) is 36.2 Å². The highest BCUT2D eigenvalue weighted by Gasteiger charge is 2.26. The molecule has 2 aromatic rings. The first kappa shape index (κ1) is 21.9. The van der Waals surface area contributed by atoms with Gasteiger partial charge in [0.05, 0.1) is 10.5 Å². The molecule has 9 heteroatoms. The number of benzene rings is 1. The van der Waals surface area contributed by atoms with Gasteiger partial charge in [0.25, 0.3) is 5.91 Å². The minimum atomic E-state index is -3.72. The van der Waals surface area contributed by atoms with E-state index in [2.05, 4.69) is 10.3 Å². The standard InChI is InChI=1S/C21H26N4O4S/c1-17-8-9-18(16-23-17)21(27)24-12-5-13-25(14-10-20(26)22-11-15-24)30(28,29)19-6-3-2-4-7-19/h2-4,6-9,16H,5,10-15H2,1H3,(H,22,26). The number of aromatic nitrogens is 1. The predicted molar refractivity (Wildman–Crippen MR) is 112 cm³/mol. The van der Waals surface area contributed by atoms with Gasteiger partial charge in [0.1, 0.15) is 0 Å². The quantitative estimate of drug-likeness (QED) is 0.794. The van der Waals surface area contributed by atoms with E-state index in [1.54, 1.807) is 47.4 Å². The molecule has 0 radical (unpaired) electrons. The van der Waals surface area contributed by atoms with Gasteiger partial charge in [-0.3, -0.25) is 14.6 Å². The van der Waals surface area contributed by atoms with Crippen LogP contribution in [-0.4, -0.2) is 67.1 Å². The summed E-state index contributed by atoms with van der Waals surface area (Å²) >= 11 is 0. The Balaban J connectivity index is 1.77. The van der Waals surface area contributed by atoms with Gasteiger partial charge >= 0.3 is 0 Å². The van der Waals surface area contributed by atoms with Crippen LogP contribution in [0.4, 0.5) is 0 Å². The van der Waals surface area contributed by atoms with Crippen LogP contribution in [0.15, 0.2) is 53.6 Å². The van der Waals surface area contributed by atoms with E-state index < -0.39 is 10.0 Å². The zero-order valence-electron chi connectivity index (χ0n) is 17.0. The summed E-state index contributed by atoms with van der Waals surface area (Å²) in [5.41, 5.74) is 1.29. The second kappa shape index (κ2) is 9.82. The summed E-state index contributed by atoms with van der Waals surface area (Å²) < 4.78 is 27.4. The van der Waals surface area contributed by atoms with Crippen LogP contribution in [0.2, 0.25) is 0 Å². The lowest BCUT2D eigenvalue weighted by molar-refractivity contribution is -0.121. The van der Waals surface area contributed by atoms with Crippen LogP contribution in [-0.2, 0) is 14.8 Å². The van der Waals surface area contributed by atoms with Gasteiger partial charge in [-0.2, -0.15) is 4.31 Å². The second-order valence-corrected chi connectivity index (χ2v) is 9.09. The molecule has 0 unspecified atom stereocenters. The second-order valence-electron chi connectivity index (χ2n) is 7.15. The SMILES string of the molecule is Cc1ccc(C(=O)N2CCCN(S(=O)(=O)c3ccccc3)CCC(=O)NCC2)cn1. The molecule has 2 amide bonds. The number of carbonyl (C=O) groups excluding carboxylic acids is 2. The Labute approximate surface area is 177 Å². The van der Waals surface area contributed by atoms with Crippen LogP contribution >= 0.6 is 0 Å². The minimum absolute atomic E-state index is 0.0713. The number of nitrogens with one attached hydrogen (secondary N) is 1. The maximum absolute atomic E-state index is 13.0. The van der Waals surface area contributed by atoms with Crippen LogP contribution in [0.5, 0.6) is 0 Å². The Bertz CT molecular complexity index is 978. The first-order chi connectivity index (χ1) is 14.4. The number of carbonyl (C=O) groups is 2. The van der Waals surface area contributed by atoms with Gasteiger partial charge < -0.3 is 10.2 Å². The third kappa shape index (κ3) is 5.43. The monoisotopic (exact) mass is 430 g/mol. The van der Waals surface area contributed by atoms with Crippen LogP contribution in [0, 0.1) is 6.92 Å². The third-order valence-corrected chi connectivity index (χ3v) is 6.87. The molecule has 2 heterocycles. The maximum atomic E-state index is 13.0. The van der Waals surface area contributed by atoms with Crippen molar-refractivity contribution in [1.82, 2.24) is 19.5 Å². The number of pyridine rings is 1. The maximum Gasteiger partial charge on any atom is 0.255 e. The highest BCUT2D eigenvalue weighted by atomic mass is 32.2. The fraction of sp³-hybridized carbons (Fsp3) is 0.381. The lowest BCUT2D eigenvalue weighted by Gasteiger charge is -2.25. The lowest BCUT2D eigenvalue weighted by atomic mass is 10.2. The van der Waals surface area contributed by atoms with Crippen LogP contribution in [0.3, 0.4) is 0 Å². The van der Waals surface area contributed by atoms with Gasteiger partial charge in [0.15, 0.2) is 0 Å². The van der Waals surface area contributed by atoms with Gasteiger partial charge in [0.2, 0.25) is 15.9 Å². The van der Waals surface area contributed by atoms with E-state index in [1.807, 2.05) is 6.92 Å². The smallest absolute Gasteiger partial charge is 0.255 e. The van der Waals surface area contributed by atoms with Crippen molar-refractivity contribution in [3.8, 4) is 0 Å². The Morgan fingerprint density at radius 1 is 1.03 bits per heavy atom. The summed E-state index contributed by atoms with van der Waals surface area (Å²) in [6, 6.07) is 11.7. The van der Waals surface area contributed by atoms with E-state index in [0.717, 1.165) is 5.69 Å². The lowest BCUT2D eigenvalue weighted by Crippen LogP contribution is -2.39. The Morgan fingerprint density at radius 3 is 2.50 bits per heavy atom. The van der Waals surface area contributed by atoms with Gasteiger partial charge in [-0.15, -0.1) is 0 Å². The fourth-order valence-corrected chi connectivity index (χ4v) is 4.77. The van der Waals surface area contributed by atoms with Crippen molar-refractivity contribution in [2.24, 2.45) is 0 Å². The topological polar surface area (TPSA) is 99.7 Å². The van der Waals surface area contributed by atoms with Gasteiger partial charge in [-0.1, -0.05) is 18.2 Å². The molecule has 1 fully saturated rings. The van der Waals surface area contributed by atoms with Crippen molar-refractivity contribution in [3.05, 3.63) is 59.9 Å². The predicted octanol–water partition coefficient (Wildman–Crippen LogP) is 1.43. The summed E-state index contributed by atoms with van der Waals surface area (Å²) in [7, 11) is -3.72. The highest BCUT2D eigenvalue weighted by molar-refractivity contribution is 7.89. The molecular formula is C21H26N4O4S. The van der Waals surface area contributed by atoms with Crippen LogP contribution in [0.25, 0.3) is 0 Å². The first-order valence-corrected chi connectivity index (χ1v) is 11.4. The summed E-state index contributed by atoms with van der Waals surface area (Å²) in [6.07, 6.45) is 2.07. The number of hydrogen-bond acceptors (Lipinski definition) is 5. The molecule has 0 saturated carbocycles. The summed E-state index contributed by atoms with van der Waals surface area (Å²) in [4.78, 5) is 31.0. The van der Waals surface area contributed by atoms with Gasteiger partial charge in [0, 0.05) is 51.0 Å². The van der Waals surface area contributed by atoms with Crippen molar-refractivity contribution in [2.45, 2.75) is 24.7 Å². The fourth-order valence-electron chi connectivity index (χ4n) is 3.27. The number of amides is 2. The van der Waals surface area contributed by atoms with E-state index in [9.17, 15) is 18.0 Å². The Kier molecular flexibility index (Phi) is 7.17. The van der Waals surface area contributed by atoms with Crippen molar-refractivity contribution >= 4 is 21.8 Å². The van der Waals surface area contributed by atoms with Crippen molar-refractivity contribution < 1.29 is 18.0 Å². The highest BCUT2D eigenvalue weighted by Crippen LogP contribution is 2.17. The van der Waals surface area contributed by atoms with E-state index in [0.29, 0.717) is 31.6 Å². The zero-order chi connectivity index (χ0) is 21.6. The normalized spacial score (nSPS) is 17.1. The van der Waals surface area contributed by atoms with Gasteiger partial charge in [-0.25, -0.2) is 8.42 Å². The average Bonchev–Trinajstić information content (AvgIpc) is 2.79. The molecule has 1 aromatic heterocycles. The molecule has 0 spiro atoms. The summed E-state index contributed by atoms with van der Waals surface area (Å²) in [5.74, 6) is -0.428. The molecule has 1 aliphatic rings. The molecule has 0 aliphatic carbocycles. The molecule has 1 aliphatic heterocycles. The molecule has 30 heavy (non-hydrogen) atoms. The number of rotatable bonds is 3. The number of hydrogen-bond donors (Lipinski definition) is 1. The van der Waals surface area contributed by atoms with E-state index in [1.165, 1.54) is 10.5 Å². The number of nitrogens with zero attached hydrogens (tertiary/aromatic N) is 3. The third-order valence-electron chi connectivity index (χ3n) is 4.95. The molecule has 1 aromatic carbocycles. The summed E-state index contributed by atoms with van der Waals surface area (Å²) in [5, 5.41) is 2.77. The molecular weight excluding hydrogens is 404 g/mol. The molecule has 0 atom stereocenters. The molecule has 3 rings (SSSR count). The Morgan fingerprint density at radius 2 is 1.80 bits per heavy atom. The average molecular weight is 431 g/mol. The minimum Gasteiger partial charge on any atom is -0.354 e. The van der Waals surface area contributed by atoms with Crippen molar-refractivity contribution in [1.29, 1.82) is 0 Å².